The van der Waals surface area contributed by atoms with Gasteiger partial charge in [-0.25, -0.2) is 4.98 Å². The molecule has 2 aliphatic rings. The number of nitrogens with zero attached hydrogens (tertiary/aromatic N) is 3. The van der Waals surface area contributed by atoms with Crippen LogP contribution in [0.5, 0.6) is 5.75 Å². The summed E-state index contributed by atoms with van der Waals surface area (Å²) in [5.74, 6) is 0.960. The lowest BCUT2D eigenvalue weighted by Crippen LogP contribution is -2.59. The summed E-state index contributed by atoms with van der Waals surface area (Å²) in [5, 5.41) is 0.799. The Morgan fingerprint density at radius 3 is 2.51 bits per heavy atom. The molecule has 0 amide bonds. The van der Waals surface area contributed by atoms with Gasteiger partial charge in [-0.15, -0.1) is 0 Å². The first-order valence-electron chi connectivity index (χ1n) is 13.1. The standard InChI is InChI=1S/C28H34F3N3O2S/c1-3-21-5-4-20(2)24(18-21)36-15-10-27(34-13-16-35-17-14-34)8-11-33(12-9-27)26-32-23-7-6-22(28(29,30)31)19-25(23)37-26/h4-7,18-19H,3,8-17H2,1-2H3. The lowest BCUT2D eigenvalue weighted by Gasteiger charge is -2.50. The minimum absolute atomic E-state index is 0.0106. The highest BCUT2D eigenvalue weighted by atomic mass is 32.1. The van der Waals surface area contributed by atoms with E-state index in [2.05, 4.69) is 46.8 Å². The van der Waals surface area contributed by atoms with Crippen molar-refractivity contribution in [2.75, 3.05) is 50.9 Å². The van der Waals surface area contributed by atoms with E-state index >= 15 is 0 Å². The van der Waals surface area contributed by atoms with Gasteiger partial charge in [0.05, 0.1) is 35.6 Å². The van der Waals surface area contributed by atoms with E-state index in [1.54, 1.807) is 0 Å². The molecular formula is C28H34F3N3O2S. The van der Waals surface area contributed by atoms with E-state index in [9.17, 15) is 13.2 Å². The van der Waals surface area contributed by atoms with E-state index < -0.39 is 11.7 Å². The summed E-state index contributed by atoms with van der Waals surface area (Å²) in [5.41, 5.74) is 2.43. The van der Waals surface area contributed by atoms with Gasteiger partial charge in [-0.3, -0.25) is 4.90 Å². The van der Waals surface area contributed by atoms with Crippen LogP contribution in [0, 0.1) is 6.92 Å². The Bertz CT molecular complexity index is 1220. The van der Waals surface area contributed by atoms with Gasteiger partial charge >= 0.3 is 6.18 Å². The fraction of sp³-hybridized carbons (Fsp3) is 0.536. The van der Waals surface area contributed by atoms with Crippen LogP contribution in [0.2, 0.25) is 0 Å². The lowest BCUT2D eigenvalue weighted by molar-refractivity contribution is -0.137. The number of hydrogen-bond acceptors (Lipinski definition) is 6. The predicted molar refractivity (Wildman–Crippen MR) is 142 cm³/mol. The van der Waals surface area contributed by atoms with Crippen LogP contribution >= 0.6 is 11.3 Å². The Balaban J connectivity index is 1.29. The van der Waals surface area contributed by atoms with E-state index in [0.717, 1.165) is 87.6 Å². The van der Waals surface area contributed by atoms with Gasteiger partial charge in [0.1, 0.15) is 5.75 Å². The lowest BCUT2D eigenvalue weighted by atomic mass is 9.82. The van der Waals surface area contributed by atoms with E-state index in [-0.39, 0.29) is 5.54 Å². The van der Waals surface area contributed by atoms with E-state index in [1.807, 2.05) is 0 Å². The highest BCUT2D eigenvalue weighted by Gasteiger charge is 2.41. The summed E-state index contributed by atoms with van der Waals surface area (Å²) >= 11 is 1.35. The highest BCUT2D eigenvalue weighted by Crippen LogP contribution is 2.39. The first-order valence-corrected chi connectivity index (χ1v) is 13.9. The molecule has 5 nitrogen and oxygen atoms in total. The molecule has 2 aromatic carbocycles. The molecule has 0 saturated carbocycles. The second kappa shape index (κ2) is 10.8. The van der Waals surface area contributed by atoms with Crippen LogP contribution in [-0.4, -0.2) is 61.4 Å². The van der Waals surface area contributed by atoms with Crippen molar-refractivity contribution in [3.63, 3.8) is 0 Å². The summed E-state index contributed by atoms with van der Waals surface area (Å²) in [7, 11) is 0. The molecule has 3 heterocycles. The van der Waals surface area contributed by atoms with Gasteiger partial charge < -0.3 is 14.4 Å². The third kappa shape index (κ3) is 5.73. The van der Waals surface area contributed by atoms with E-state index in [0.29, 0.717) is 16.8 Å². The molecule has 0 N–H and O–H groups in total. The number of alkyl halides is 3. The number of benzene rings is 2. The van der Waals surface area contributed by atoms with Crippen molar-refractivity contribution in [2.24, 2.45) is 0 Å². The van der Waals surface area contributed by atoms with E-state index in [4.69, 9.17) is 9.47 Å². The quantitative estimate of drug-likeness (QED) is 0.355. The maximum absolute atomic E-state index is 13.2. The molecule has 3 aromatic rings. The molecule has 0 bridgehead atoms. The van der Waals surface area contributed by atoms with Crippen molar-refractivity contribution in [3.8, 4) is 5.75 Å². The van der Waals surface area contributed by atoms with Gasteiger partial charge in [-0.05, 0) is 68.0 Å². The van der Waals surface area contributed by atoms with Crippen LogP contribution in [0.25, 0.3) is 10.2 Å². The molecule has 0 atom stereocenters. The number of hydrogen-bond donors (Lipinski definition) is 0. The summed E-state index contributed by atoms with van der Waals surface area (Å²) in [6.45, 7) is 9.80. The molecule has 5 rings (SSSR count). The Kier molecular flexibility index (Phi) is 7.65. The molecule has 1 aromatic heterocycles. The second-order valence-corrected chi connectivity index (χ2v) is 11.0. The van der Waals surface area contributed by atoms with Crippen molar-refractivity contribution < 1.29 is 22.6 Å². The van der Waals surface area contributed by atoms with E-state index in [1.165, 1.54) is 29.0 Å². The third-order valence-corrected chi connectivity index (χ3v) is 8.92. The smallest absolute Gasteiger partial charge is 0.416 e. The average Bonchev–Trinajstić information content (AvgIpc) is 3.34. The molecule has 2 saturated heterocycles. The van der Waals surface area contributed by atoms with Gasteiger partial charge in [0, 0.05) is 31.7 Å². The Labute approximate surface area is 220 Å². The summed E-state index contributed by atoms with van der Waals surface area (Å²) < 4.78 is 52.0. The molecule has 200 valence electrons. The van der Waals surface area contributed by atoms with Crippen LogP contribution in [0.3, 0.4) is 0 Å². The molecule has 0 spiro atoms. The van der Waals surface area contributed by atoms with Crippen molar-refractivity contribution in [1.82, 2.24) is 9.88 Å². The average molecular weight is 534 g/mol. The number of piperidine rings is 1. The number of anilines is 1. The van der Waals surface area contributed by atoms with Crippen LogP contribution in [0.4, 0.5) is 18.3 Å². The Morgan fingerprint density at radius 1 is 1.05 bits per heavy atom. The van der Waals surface area contributed by atoms with Gasteiger partial charge in [-0.1, -0.05) is 30.4 Å². The largest absolute Gasteiger partial charge is 0.493 e. The van der Waals surface area contributed by atoms with Crippen molar-refractivity contribution in [2.45, 2.75) is 51.2 Å². The number of ether oxygens (including phenoxy) is 2. The van der Waals surface area contributed by atoms with Crippen LogP contribution in [-0.2, 0) is 17.3 Å². The molecule has 2 fully saturated rings. The molecule has 0 aliphatic carbocycles. The maximum atomic E-state index is 13.2. The first-order chi connectivity index (χ1) is 17.8. The molecule has 0 unspecified atom stereocenters. The first kappa shape index (κ1) is 26.3. The number of morpholine rings is 1. The number of aryl methyl sites for hydroxylation is 2. The zero-order chi connectivity index (χ0) is 26.0. The molecule has 9 heteroatoms. The zero-order valence-corrected chi connectivity index (χ0v) is 22.3. The van der Waals surface area contributed by atoms with Gasteiger partial charge in [0.25, 0.3) is 0 Å². The number of thiazole rings is 1. The van der Waals surface area contributed by atoms with Crippen molar-refractivity contribution in [1.29, 1.82) is 0 Å². The third-order valence-electron chi connectivity index (χ3n) is 7.84. The minimum atomic E-state index is -4.35. The number of rotatable bonds is 7. The highest BCUT2D eigenvalue weighted by molar-refractivity contribution is 7.22. The topological polar surface area (TPSA) is 37.8 Å². The SMILES string of the molecule is CCc1ccc(C)c(OCCC2(N3CCOCC3)CCN(c3nc4ccc(C(F)(F)F)cc4s3)CC2)c1. The molecular weight excluding hydrogens is 499 g/mol. The fourth-order valence-electron chi connectivity index (χ4n) is 5.47. The van der Waals surface area contributed by atoms with Crippen LogP contribution in [0.15, 0.2) is 36.4 Å². The molecule has 37 heavy (non-hydrogen) atoms. The van der Waals surface area contributed by atoms with Gasteiger partial charge in [0.15, 0.2) is 5.13 Å². The van der Waals surface area contributed by atoms with Gasteiger partial charge in [-0.2, -0.15) is 13.2 Å². The summed E-state index contributed by atoms with van der Waals surface area (Å²) in [6, 6.07) is 10.2. The maximum Gasteiger partial charge on any atom is 0.416 e. The zero-order valence-electron chi connectivity index (χ0n) is 21.4. The molecule has 2 aliphatic heterocycles. The fourth-order valence-corrected chi connectivity index (χ4v) is 6.53. The van der Waals surface area contributed by atoms with Crippen LogP contribution in [0.1, 0.15) is 42.9 Å². The second-order valence-electron chi connectivity index (χ2n) is 10.0. The predicted octanol–water partition coefficient (Wildman–Crippen LogP) is 6.33. The Hall–Kier alpha value is -2.36. The summed E-state index contributed by atoms with van der Waals surface area (Å²) in [4.78, 5) is 9.46. The van der Waals surface area contributed by atoms with Crippen LogP contribution < -0.4 is 9.64 Å². The number of aromatic nitrogens is 1. The monoisotopic (exact) mass is 533 g/mol. The molecule has 0 radical (unpaired) electrons. The number of halogens is 3. The van der Waals surface area contributed by atoms with Crippen molar-refractivity contribution >= 4 is 26.7 Å². The minimum Gasteiger partial charge on any atom is -0.493 e. The number of fused-ring (bicyclic) bond motifs is 1. The Morgan fingerprint density at radius 2 is 1.81 bits per heavy atom. The van der Waals surface area contributed by atoms with Gasteiger partial charge in [0.2, 0.25) is 0 Å². The van der Waals surface area contributed by atoms with Crippen molar-refractivity contribution in [3.05, 3.63) is 53.1 Å². The summed E-state index contributed by atoms with van der Waals surface area (Å²) in [6.07, 6.45) is -0.541. The normalized spacial score (nSPS) is 18.9.